The molecule has 29 heavy (non-hydrogen) atoms. The van der Waals surface area contributed by atoms with Gasteiger partial charge in [-0.1, -0.05) is 17.7 Å². The van der Waals surface area contributed by atoms with Gasteiger partial charge in [0.15, 0.2) is 0 Å². The highest BCUT2D eigenvalue weighted by molar-refractivity contribution is 7.99. The molecule has 0 aliphatic heterocycles. The Kier molecular flexibility index (Phi) is 10.8. The van der Waals surface area contributed by atoms with E-state index in [2.05, 4.69) is 0 Å². The summed E-state index contributed by atoms with van der Waals surface area (Å²) in [6.07, 6.45) is -4.30. The largest absolute Gasteiger partial charge is 0.491 e. The molecule has 0 amide bonds. The van der Waals surface area contributed by atoms with Gasteiger partial charge in [0.1, 0.15) is 18.5 Å². The number of hydrogen-bond donors (Lipinski definition) is 0. The SMILES string of the molecule is CCOC(COc1ccc(C(F)(F)F)cc1)CSc1ccc(C)cc1Cl.O=C=O. The van der Waals surface area contributed by atoms with Crippen molar-refractivity contribution in [3.05, 3.63) is 58.6 Å². The predicted octanol–water partition coefficient (Wildman–Crippen LogP) is 5.66. The summed E-state index contributed by atoms with van der Waals surface area (Å²) in [5.41, 5.74) is 0.391. The van der Waals surface area contributed by atoms with Gasteiger partial charge in [-0.2, -0.15) is 22.8 Å². The third kappa shape index (κ3) is 9.37. The van der Waals surface area contributed by atoms with Gasteiger partial charge in [0.2, 0.25) is 0 Å². The first-order valence-corrected chi connectivity index (χ1v) is 9.87. The molecule has 0 aromatic heterocycles. The molecule has 158 valence electrons. The summed E-state index contributed by atoms with van der Waals surface area (Å²) in [5.74, 6) is 0.998. The second-order valence-corrected chi connectivity index (χ2v) is 7.21. The number of thioether (sulfide) groups is 1. The van der Waals surface area contributed by atoms with Crippen LogP contribution in [0.15, 0.2) is 47.4 Å². The molecule has 0 aliphatic carbocycles. The number of hydrogen-bond acceptors (Lipinski definition) is 5. The zero-order valence-corrected chi connectivity index (χ0v) is 17.4. The first kappa shape index (κ1) is 25.0. The van der Waals surface area contributed by atoms with Crippen molar-refractivity contribution < 1.29 is 32.2 Å². The molecule has 0 spiro atoms. The van der Waals surface area contributed by atoms with Crippen LogP contribution < -0.4 is 4.74 Å². The zero-order chi connectivity index (χ0) is 21.9. The summed E-state index contributed by atoms with van der Waals surface area (Å²) >= 11 is 7.79. The van der Waals surface area contributed by atoms with E-state index in [-0.39, 0.29) is 18.9 Å². The van der Waals surface area contributed by atoms with Crippen LogP contribution in [0.3, 0.4) is 0 Å². The fourth-order valence-electron chi connectivity index (χ4n) is 2.22. The Bertz CT molecular complexity index is 791. The smallest absolute Gasteiger partial charge is 0.416 e. The van der Waals surface area contributed by atoms with Crippen LogP contribution in [-0.4, -0.2) is 31.2 Å². The standard InChI is InChI=1S/C19H20ClF3O2S.CO2/c1-3-24-16(12-26-18-9-4-13(2)10-17(18)20)11-25-15-7-5-14(6-8-15)19(21,22)23;2-1-3/h4-10,16H,3,11-12H2,1-2H3;. The van der Waals surface area contributed by atoms with Crippen molar-refractivity contribution in [2.75, 3.05) is 19.0 Å². The molecule has 0 fully saturated rings. The summed E-state index contributed by atoms with van der Waals surface area (Å²) in [5, 5.41) is 0.689. The van der Waals surface area contributed by atoms with E-state index < -0.39 is 11.7 Å². The molecule has 4 nitrogen and oxygen atoms in total. The Morgan fingerprint density at radius 1 is 1.14 bits per heavy atom. The van der Waals surface area contributed by atoms with Gasteiger partial charge in [-0.15, -0.1) is 11.8 Å². The van der Waals surface area contributed by atoms with Crippen LogP contribution in [0.5, 0.6) is 5.75 Å². The van der Waals surface area contributed by atoms with Gasteiger partial charge < -0.3 is 9.47 Å². The van der Waals surface area contributed by atoms with Crippen LogP contribution in [0.25, 0.3) is 0 Å². The van der Waals surface area contributed by atoms with Crippen molar-refractivity contribution in [2.24, 2.45) is 0 Å². The molecule has 1 atom stereocenters. The van der Waals surface area contributed by atoms with E-state index in [1.54, 1.807) is 11.8 Å². The fraction of sp³-hybridized carbons (Fsp3) is 0.350. The van der Waals surface area contributed by atoms with Gasteiger partial charge in [0.05, 0.1) is 10.6 Å². The molecule has 0 heterocycles. The number of rotatable bonds is 8. The molecule has 9 heteroatoms. The minimum Gasteiger partial charge on any atom is -0.491 e. The van der Waals surface area contributed by atoms with Crippen LogP contribution in [0.2, 0.25) is 5.02 Å². The van der Waals surface area contributed by atoms with Crippen LogP contribution in [0, 0.1) is 6.92 Å². The third-order valence-electron chi connectivity index (χ3n) is 3.53. The summed E-state index contributed by atoms with van der Waals surface area (Å²) in [4.78, 5) is 17.2. The second-order valence-electron chi connectivity index (χ2n) is 5.74. The Morgan fingerprint density at radius 3 is 2.28 bits per heavy atom. The Labute approximate surface area is 176 Å². The Hall–Kier alpha value is -1.99. The molecule has 0 bridgehead atoms. The lowest BCUT2D eigenvalue weighted by molar-refractivity contribution is -0.191. The lowest BCUT2D eigenvalue weighted by Crippen LogP contribution is -2.24. The van der Waals surface area contributed by atoms with Crippen LogP contribution >= 0.6 is 23.4 Å². The molecule has 0 aliphatic rings. The van der Waals surface area contributed by atoms with Crippen LogP contribution in [0.1, 0.15) is 18.1 Å². The molecule has 0 N–H and O–H groups in total. The van der Waals surface area contributed by atoms with Crippen molar-refractivity contribution in [3.8, 4) is 5.75 Å². The summed E-state index contributed by atoms with van der Waals surface area (Å²) in [6, 6.07) is 10.5. The molecule has 0 saturated carbocycles. The van der Waals surface area contributed by atoms with E-state index in [0.29, 0.717) is 23.1 Å². The topological polar surface area (TPSA) is 52.6 Å². The highest BCUT2D eigenvalue weighted by atomic mass is 35.5. The number of aryl methyl sites for hydroxylation is 1. The van der Waals surface area contributed by atoms with E-state index >= 15 is 0 Å². The third-order valence-corrected chi connectivity index (χ3v) is 5.16. The quantitative estimate of drug-likeness (QED) is 0.488. The molecule has 2 aromatic rings. The molecule has 2 aromatic carbocycles. The molecule has 0 radical (unpaired) electrons. The summed E-state index contributed by atoms with van der Waals surface area (Å²) < 4.78 is 49.0. The van der Waals surface area contributed by atoms with E-state index in [4.69, 9.17) is 30.7 Å². The van der Waals surface area contributed by atoms with Gasteiger partial charge in [0.25, 0.3) is 0 Å². The van der Waals surface area contributed by atoms with Gasteiger partial charge in [-0.05, 0) is 55.8 Å². The number of halogens is 4. The Morgan fingerprint density at radius 2 is 1.76 bits per heavy atom. The summed E-state index contributed by atoms with van der Waals surface area (Å²) in [6.45, 7) is 4.62. The van der Waals surface area contributed by atoms with Gasteiger partial charge in [-0.25, -0.2) is 0 Å². The van der Waals surface area contributed by atoms with Crippen molar-refractivity contribution in [2.45, 2.75) is 31.0 Å². The first-order chi connectivity index (χ1) is 13.7. The summed E-state index contributed by atoms with van der Waals surface area (Å²) in [7, 11) is 0. The second kappa shape index (κ2) is 12.5. The number of ether oxygens (including phenoxy) is 2. The van der Waals surface area contributed by atoms with Crippen molar-refractivity contribution in [1.29, 1.82) is 0 Å². The van der Waals surface area contributed by atoms with E-state index in [9.17, 15) is 13.2 Å². The van der Waals surface area contributed by atoms with Gasteiger partial charge in [0, 0.05) is 17.3 Å². The van der Waals surface area contributed by atoms with Crippen molar-refractivity contribution >= 4 is 29.5 Å². The van der Waals surface area contributed by atoms with Crippen molar-refractivity contribution in [3.63, 3.8) is 0 Å². The molecule has 1 unspecified atom stereocenters. The lowest BCUT2D eigenvalue weighted by atomic mass is 10.2. The van der Waals surface area contributed by atoms with Crippen LogP contribution in [-0.2, 0) is 20.5 Å². The zero-order valence-electron chi connectivity index (χ0n) is 15.8. The molecule has 0 saturated heterocycles. The van der Waals surface area contributed by atoms with Crippen LogP contribution in [0.4, 0.5) is 13.2 Å². The lowest BCUT2D eigenvalue weighted by Gasteiger charge is -2.18. The maximum Gasteiger partial charge on any atom is 0.416 e. The normalized spacial score (nSPS) is 11.8. The maximum atomic E-state index is 12.6. The monoisotopic (exact) mass is 448 g/mol. The minimum atomic E-state index is -4.35. The first-order valence-electron chi connectivity index (χ1n) is 8.51. The van der Waals surface area contributed by atoms with Gasteiger partial charge in [-0.3, -0.25) is 0 Å². The average molecular weight is 449 g/mol. The number of benzene rings is 2. The average Bonchev–Trinajstić information content (AvgIpc) is 2.65. The highest BCUT2D eigenvalue weighted by Crippen LogP contribution is 2.31. The highest BCUT2D eigenvalue weighted by Gasteiger charge is 2.30. The minimum absolute atomic E-state index is 0.204. The van der Waals surface area contributed by atoms with Crippen molar-refractivity contribution in [1.82, 2.24) is 0 Å². The molecule has 2 rings (SSSR count). The maximum absolute atomic E-state index is 12.6. The predicted molar refractivity (Wildman–Crippen MR) is 104 cm³/mol. The van der Waals surface area contributed by atoms with E-state index in [1.165, 1.54) is 12.1 Å². The fourth-order valence-corrected chi connectivity index (χ4v) is 3.53. The van der Waals surface area contributed by atoms with E-state index in [0.717, 1.165) is 22.6 Å². The Balaban J connectivity index is 0.00000132. The van der Waals surface area contributed by atoms with Gasteiger partial charge >= 0.3 is 12.3 Å². The number of carbonyl (C=O) groups excluding carboxylic acids is 2. The van der Waals surface area contributed by atoms with E-state index in [1.807, 2.05) is 32.0 Å². The number of alkyl halides is 3. The molecular formula is C20H20ClF3O4S. The molecular weight excluding hydrogens is 429 g/mol.